The predicted molar refractivity (Wildman–Crippen MR) is 128 cm³/mol. The molecule has 0 saturated heterocycles. The van der Waals surface area contributed by atoms with Crippen molar-refractivity contribution in [3.63, 3.8) is 0 Å². The molecule has 156 valence electrons. The molecule has 0 bridgehead atoms. The summed E-state index contributed by atoms with van der Waals surface area (Å²) in [5, 5.41) is 12.5. The van der Waals surface area contributed by atoms with E-state index in [2.05, 4.69) is 42.9 Å². The van der Waals surface area contributed by atoms with Gasteiger partial charge in [0.25, 0.3) is 5.56 Å². The van der Waals surface area contributed by atoms with Crippen LogP contribution < -0.4 is 5.56 Å². The molecule has 1 N–H and O–H groups in total. The van der Waals surface area contributed by atoms with Crippen molar-refractivity contribution in [2.24, 2.45) is 0 Å². The van der Waals surface area contributed by atoms with Crippen molar-refractivity contribution in [1.29, 1.82) is 0 Å². The second kappa shape index (κ2) is 8.41. The van der Waals surface area contributed by atoms with Gasteiger partial charge in [0.05, 0.1) is 22.6 Å². The number of fused-ring (bicyclic) bond motifs is 1. The number of aromatic amines is 1. The Morgan fingerprint density at radius 2 is 1.94 bits per heavy atom. The van der Waals surface area contributed by atoms with Crippen molar-refractivity contribution in [2.75, 3.05) is 0 Å². The lowest BCUT2D eigenvalue weighted by molar-refractivity contribution is 0.715. The highest BCUT2D eigenvalue weighted by Crippen LogP contribution is 2.30. The number of nitrogens with zero attached hydrogens (tertiary/aromatic N) is 4. The van der Waals surface area contributed by atoms with E-state index in [9.17, 15) is 4.79 Å². The number of aryl methyl sites for hydroxylation is 2. The molecule has 5 aromatic rings. The molecule has 0 saturated carbocycles. The minimum absolute atomic E-state index is 0.0764. The van der Waals surface area contributed by atoms with E-state index in [0.29, 0.717) is 23.5 Å². The molecule has 0 aliphatic carbocycles. The molecule has 0 amide bonds. The molecule has 0 fully saturated rings. The third-order valence-corrected chi connectivity index (χ3v) is 8.01. The Bertz CT molecular complexity index is 1400. The van der Waals surface area contributed by atoms with Gasteiger partial charge in [-0.25, -0.2) is 4.98 Å². The third kappa shape index (κ3) is 3.96. The standard InChI is InChI=1S/C22H19N5OS3/c1-13-14(2)31-21-18(13)20(28)23-17(24-21)12-30-22-26-25-19(16-9-6-10-29-16)27(22)11-15-7-4-3-5-8-15/h3-10H,11-12H2,1-2H3,(H,23,24,28). The molecule has 4 aromatic heterocycles. The summed E-state index contributed by atoms with van der Waals surface area (Å²) in [6, 6.07) is 14.3. The van der Waals surface area contributed by atoms with Gasteiger partial charge in [0.1, 0.15) is 10.7 Å². The molecule has 0 aliphatic heterocycles. The number of thioether (sulfide) groups is 1. The van der Waals surface area contributed by atoms with Crippen molar-refractivity contribution in [3.05, 3.63) is 80.0 Å². The number of thiophene rings is 2. The Morgan fingerprint density at radius 1 is 1.10 bits per heavy atom. The second-order valence-electron chi connectivity index (χ2n) is 7.12. The molecule has 6 nitrogen and oxygen atoms in total. The van der Waals surface area contributed by atoms with Crippen LogP contribution in [0.2, 0.25) is 0 Å². The Kier molecular flexibility index (Phi) is 5.47. The number of aromatic nitrogens is 5. The zero-order chi connectivity index (χ0) is 21.4. The Hall–Kier alpha value is -2.75. The lowest BCUT2D eigenvalue weighted by Gasteiger charge is -2.09. The molecule has 4 heterocycles. The average Bonchev–Trinajstić information content (AvgIpc) is 3.48. The second-order valence-corrected chi connectivity index (χ2v) is 10.2. The number of benzene rings is 1. The quantitative estimate of drug-likeness (QED) is 0.346. The molecule has 0 aliphatic rings. The molecule has 0 spiro atoms. The number of hydrogen-bond donors (Lipinski definition) is 1. The van der Waals surface area contributed by atoms with Gasteiger partial charge in [-0.3, -0.25) is 9.36 Å². The molecule has 1 aromatic carbocycles. The summed E-state index contributed by atoms with van der Waals surface area (Å²) < 4.78 is 2.13. The zero-order valence-electron chi connectivity index (χ0n) is 17.0. The first kappa shape index (κ1) is 20.2. The number of rotatable bonds is 6. The van der Waals surface area contributed by atoms with E-state index < -0.39 is 0 Å². The average molecular weight is 466 g/mol. The molecule has 0 atom stereocenters. The Morgan fingerprint density at radius 3 is 2.71 bits per heavy atom. The summed E-state index contributed by atoms with van der Waals surface area (Å²) in [4.78, 5) is 23.2. The topological polar surface area (TPSA) is 76.5 Å². The minimum atomic E-state index is -0.0764. The van der Waals surface area contributed by atoms with Gasteiger partial charge in [-0.15, -0.1) is 32.9 Å². The van der Waals surface area contributed by atoms with Crippen LogP contribution in [-0.4, -0.2) is 24.7 Å². The van der Waals surface area contributed by atoms with Crippen LogP contribution >= 0.6 is 34.4 Å². The lowest BCUT2D eigenvalue weighted by atomic mass is 10.2. The van der Waals surface area contributed by atoms with Gasteiger partial charge >= 0.3 is 0 Å². The fourth-order valence-corrected chi connectivity index (χ4v) is 5.97. The Balaban J connectivity index is 1.47. The SMILES string of the molecule is Cc1sc2nc(CSc3nnc(-c4cccs4)n3Cc3ccccc3)[nH]c(=O)c2c1C. The maximum absolute atomic E-state index is 12.6. The van der Waals surface area contributed by atoms with Crippen molar-refractivity contribution in [2.45, 2.75) is 31.3 Å². The van der Waals surface area contributed by atoms with Crippen LogP contribution in [0.1, 0.15) is 21.8 Å². The molecule has 0 radical (unpaired) electrons. The summed E-state index contributed by atoms with van der Waals surface area (Å²) in [5.74, 6) is 2.01. The van der Waals surface area contributed by atoms with Crippen LogP contribution in [0.3, 0.4) is 0 Å². The van der Waals surface area contributed by atoms with Gasteiger partial charge in [0, 0.05) is 4.88 Å². The Labute approximate surface area is 191 Å². The summed E-state index contributed by atoms with van der Waals surface area (Å²) in [6.07, 6.45) is 0. The van der Waals surface area contributed by atoms with Crippen molar-refractivity contribution < 1.29 is 0 Å². The van der Waals surface area contributed by atoms with Crippen LogP contribution in [0.4, 0.5) is 0 Å². The number of nitrogens with one attached hydrogen (secondary N) is 1. The van der Waals surface area contributed by atoms with Crippen LogP contribution in [-0.2, 0) is 12.3 Å². The molecule has 9 heteroatoms. The fraction of sp³-hybridized carbons (Fsp3) is 0.182. The summed E-state index contributed by atoms with van der Waals surface area (Å²) in [6.45, 7) is 4.67. The molecule has 5 rings (SSSR count). The summed E-state index contributed by atoms with van der Waals surface area (Å²) >= 11 is 4.74. The van der Waals surface area contributed by atoms with Crippen molar-refractivity contribution in [3.8, 4) is 10.7 Å². The van der Waals surface area contributed by atoms with Gasteiger partial charge < -0.3 is 4.98 Å². The highest BCUT2D eigenvalue weighted by Gasteiger charge is 2.17. The monoisotopic (exact) mass is 465 g/mol. The van der Waals surface area contributed by atoms with E-state index in [4.69, 9.17) is 0 Å². The largest absolute Gasteiger partial charge is 0.309 e. The van der Waals surface area contributed by atoms with Crippen LogP contribution in [0.15, 0.2) is 57.8 Å². The molecular weight excluding hydrogens is 446 g/mol. The first-order valence-electron chi connectivity index (χ1n) is 9.73. The van der Waals surface area contributed by atoms with E-state index in [1.54, 1.807) is 22.7 Å². The molecular formula is C22H19N5OS3. The summed E-state index contributed by atoms with van der Waals surface area (Å²) in [5.41, 5.74) is 2.11. The van der Waals surface area contributed by atoms with Crippen molar-refractivity contribution in [1.82, 2.24) is 24.7 Å². The first-order chi connectivity index (χ1) is 15.1. The normalized spacial score (nSPS) is 11.4. The third-order valence-electron chi connectivity index (χ3n) is 5.07. The highest BCUT2D eigenvalue weighted by molar-refractivity contribution is 7.98. The molecule has 0 unspecified atom stereocenters. The smallest absolute Gasteiger partial charge is 0.259 e. The highest BCUT2D eigenvalue weighted by atomic mass is 32.2. The lowest BCUT2D eigenvalue weighted by Crippen LogP contribution is -2.11. The summed E-state index contributed by atoms with van der Waals surface area (Å²) in [7, 11) is 0. The van der Waals surface area contributed by atoms with Crippen LogP contribution in [0, 0.1) is 13.8 Å². The van der Waals surface area contributed by atoms with E-state index >= 15 is 0 Å². The van der Waals surface area contributed by atoms with E-state index in [0.717, 1.165) is 31.1 Å². The van der Waals surface area contributed by atoms with Crippen LogP contribution in [0.25, 0.3) is 20.9 Å². The zero-order valence-corrected chi connectivity index (χ0v) is 19.4. The maximum atomic E-state index is 12.6. The van der Waals surface area contributed by atoms with Crippen molar-refractivity contribution >= 4 is 44.7 Å². The van der Waals surface area contributed by atoms with Gasteiger partial charge in [0.15, 0.2) is 11.0 Å². The number of H-pyrrole nitrogens is 1. The van der Waals surface area contributed by atoms with Gasteiger partial charge in [-0.1, -0.05) is 48.2 Å². The van der Waals surface area contributed by atoms with E-state index in [-0.39, 0.29) is 5.56 Å². The minimum Gasteiger partial charge on any atom is -0.309 e. The van der Waals surface area contributed by atoms with E-state index in [1.165, 1.54) is 17.3 Å². The fourth-order valence-electron chi connectivity index (χ4n) is 3.39. The van der Waals surface area contributed by atoms with E-state index in [1.807, 2.05) is 43.5 Å². The van der Waals surface area contributed by atoms with Crippen LogP contribution in [0.5, 0.6) is 0 Å². The van der Waals surface area contributed by atoms with Gasteiger partial charge in [-0.2, -0.15) is 0 Å². The maximum Gasteiger partial charge on any atom is 0.259 e. The van der Waals surface area contributed by atoms with Gasteiger partial charge in [-0.05, 0) is 36.4 Å². The number of hydrogen-bond acceptors (Lipinski definition) is 7. The molecule has 31 heavy (non-hydrogen) atoms. The van der Waals surface area contributed by atoms with Gasteiger partial charge in [0.2, 0.25) is 0 Å². The first-order valence-corrected chi connectivity index (χ1v) is 12.4. The predicted octanol–water partition coefficient (Wildman–Crippen LogP) is 5.26.